The molecule has 0 aromatic heterocycles. The maximum absolute atomic E-state index is 10.5. The van der Waals surface area contributed by atoms with Crippen molar-refractivity contribution in [1.29, 1.82) is 0 Å². The van der Waals surface area contributed by atoms with Crippen LogP contribution in [-0.4, -0.2) is 34.5 Å². The van der Waals surface area contributed by atoms with Crippen LogP contribution in [0.25, 0.3) is 0 Å². The maximum atomic E-state index is 10.5. The van der Waals surface area contributed by atoms with Gasteiger partial charge in [-0.3, -0.25) is 4.79 Å². The first-order valence-corrected chi connectivity index (χ1v) is 9.47. The summed E-state index contributed by atoms with van der Waals surface area (Å²) in [7, 11) is 0. The van der Waals surface area contributed by atoms with Gasteiger partial charge >= 0.3 is 5.97 Å². The van der Waals surface area contributed by atoms with Crippen molar-refractivity contribution < 1.29 is 19.7 Å². The molecule has 0 amide bonds. The van der Waals surface area contributed by atoms with E-state index in [1.54, 1.807) is 6.08 Å². The van der Waals surface area contributed by atoms with Crippen LogP contribution in [0.1, 0.15) is 51.9 Å². The summed E-state index contributed by atoms with van der Waals surface area (Å²) in [6.07, 6.45) is 25.2. The number of carbonyl (C=O) groups is 1. The number of carboxylic acid groups (broad SMARTS) is 1. The molecule has 0 aromatic rings. The van der Waals surface area contributed by atoms with Gasteiger partial charge in [0.15, 0.2) is 0 Å². The molecule has 0 saturated carbocycles. The Balaban J connectivity index is 2.00. The van der Waals surface area contributed by atoms with Gasteiger partial charge in [-0.2, -0.15) is 0 Å². The Hall–Kier alpha value is -1.91. The Labute approximate surface area is 157 Å². The van der Waals surface area contributed by atoms with Gasteiger partial charge in [-0.1, -0.05) is 67.7 Å². The van der Waals surface area contributed by atoms with Crippen LogP contribution in [0.2, 0.25) is 0 Å². The maximum Gasteiger partial charge on any atom is 0.303 e. The fourth-order valence-corrected chi connectivity index (χ4v) is 2.41. The molecule has 3 unspecified atom stereocenters. The number of hydrogen-bond donors (Lipinski definition) is 2. The van der Waals surface area contributed by atoms with Crippen molar-refractivity contribution >= 4 is 5.97 Å². The highest BCUT2D eigenvalue weighted by Gasteiger charge is 2.37. The number of aliphatic hydroxyl groups is 1. The molecule has 0 aromatic carbocycles. The van der Waals surface area contributed by atoms with Crippen molar-refractivity contribution in [3.63, 3.8) is 0 Å². The van der Waals surface area contributed by atoms with E-state index in [-0.39, 0.29) is 18.6 Å². The van der Waals surface area contributed by atoms with Crippen LogP contribution >= 0.6 is 0 Å². The molecule has 2 N–H and O–H groups in total. The van der Waals surface area contributed by atoms with E-state index in [9.17, 15) is 9.90 Å². The van der Waals surface area contributed by atoms with Crippen molar-refractivity contribution in [2.45, 2.75) is 70.2 Å². The lowest BCUT2D eigenvalue weighted by molar-refractivity contribution is -0.137. The van der Waals surface area contributed by atoms with E-state index in [1.807, 2.05) is 18.2 Å². The molecule has 0 aliphatic carbocycles. The summed E-state index contributed by atoms with van der Waals surface area (Å²) < 4.78 is 5.42. The van der Waals surface area contributed by atoms with Crippen LogP contribution in [-0.2, 0) is 9.53 Å². The molecule has 1 rings (SSSR count). The number of epoxide rings is 1. The van der Waals surface area contributed by atoms with Gasteiger partial charge in [0.05, 0.1) is 18.3 Å². The van der Waals surface area contributed by atoms with Gasteiger partial charge < -0.3 is 14.9 Å². The second-order valence-electron chi connectivity index (χ2n) is 6.29. The Kier molecular flexibility index (Phi) is 12.2. The number of rotatable bonds is 14. The number of aliphatic carboxylic acids is 1. The first-order valence-electron chi connectivity index (χ1n) is 9.47. The average Bonchev–Trinajstić information content (AvgIpc) is 3.36. The topological polar surface area (TPSA) is 70.1 Å². The third kappa shape index (κ3) is 12.5. The Bertz CT molecular complexity index is 528. The molecule has 1 fully saturated rings. The smallest absolute Gasteiger partial charge is 0.303 e. The van der Waals surface area contributed by atoms with Crippen LogP contribution in [0.15, 0.2) is 60.8 Å². The second kappa shape index (κ2) is 14.3. The van der Waals surface area contributed by atoms with Gasteiger partial charge in [-0.05, 0) is 38.5 Å². The van der Waals surface area contributed by atoms with Gasteiger partial charge in [0, 0.05) is 6.42 Å². The number of aliphatic hydroxyl groups excluding tert-OH is 1. The summed E-state index contributed by atoms with van der Waals surface area (Å²) in [5.74, 6) is -0.759. The van der Waals surface area contributed by atoms with Gasteiger partial charge in [0.2, 0.25) is 0 Å². The van der Waals surface area contributed by atoms with E-state index in [1.165, 1.54) is 0 Å². The molecule has 1 aliphatic heterocycles. The number of hydrogen-bond acceptors (Lipinski definition) is 3. The van der Waals surface area contributed by atoms with Crippen LogP contribution in [0.5, 0.6) is 0 Å². The lowest BCUT2D eigenvalue weighted by atomic mass is 10.1. The molecular weight excluding hydrogens is 328 g/mol. The van der Waals surface area contributed by atoms with E-state index < -0.39 is 12.1 Å². The predicted molar refractivity (Wildman–Crippen MR) is 106 cm³/mol. The quantitative estimate of drug-likeness (QED) is 0.267. The number of ether oxygens (including phenoxy) is 1. The molecule has 1 aliphatic rings. The van der Waals surface area contributed by atoms with Crippen LogP contribution in [0, 0.1) is 0 Å². The van der Waals surface area contributed by atoms with E-state index >= 15 is 0 Å². The molecule has 0 spiro atoms. The van der Waals surface area contributed by atoms with Gasteiger partial charge in [0.25, 0.3) is 0 Å². The minimum absolute atomic E-state index is 0.130. The van der Waals surface area contributed by atoms with E-state index in [2.05, 4.69) is 43.4 Å². The first kappa shape index (κ1) is 22.1. The standard InChI is InChI=1S/C22H32O4/c1-2-3-11-14-19(23)15-12-9-7-5-4-6-8-10-13-16-20-21(26-20)17-18-22(24)25/h3-4,6-7,9-13,15,19-21,23H,2,5,8,14,16-18H2,1H3,(H,24,25)/b6-4+,9-7+,11-3+,13-10+,15-12+. The van der Waals surface area contributed by atoms with Crippen molar-refractivity contribution in [1.82, 2.24) is 0 Å². The minimum Gasteiger partial charge on any atom is -0.481 e. The lowest BCUT2D eigenvalue weighted by Gasteiger charge is -1.98. The van der Waals surface area contributed by atoms with Crippen LogP contribution in [0.3, 0.4) is 0 Å². The Morgan fingerprint density at radius 2 is 1.73 bits per heavy atom. The lowest BCUT2D eigenvalue weighted by Crippen LogP contribution is -1.99. The fourth-order valence-electron chi connectivity index (χ4n) is 2.41. The number of carboxylic acids is 1. The summed E-state index contributed by atoms with van der Waals surface area (Å²) in [5, 5.41) is 18.3. The molecule has 4 nitrogen and oxygen atoms in total. The SMILES string of the molecule is CC/C=C/CC(O)/C=C/C=C/C/C=C/C/C=C/CC1OC1CCC(=O)O. The molecule has 1 heterocycles. The molecule has 0 bridgehead atoms. The van der Waals surface area contributed by atoms with Crippen LogP contribution in [0.4, 0.5) is 0 Å². The molecule has 1 saturated heterocycles. The third-order valence-electron chi connectivity index (χ3n) is 3.94. The molecule has 4 heteroatoms. The zero-order valence-corrected chi connectivity index (χ0v) is 15.7. The predicted octanol–water partition coefficient (Wildman–Crippen LogP) is 4.73. The highest BCUT2D eigenvalue weighted by Crippen LogP contribution is 2.29. The van der Waals surface area contributed by atoms with E-state index in [0.717, 1.165) is 25.7 Å². The molecule has 0 radical (unpaired) electrons. The zero-order chi connectivity index (χ0) is 19.0. The summed E-state index contributed by atoms with van der Waals surface area (Å²) in [6, 6.07) is 0. The average molecular weight is 360 g/mol. The Morgan fingerprint density at radius 1 is 1.00 bits per heavy atom. The second-order valence-corrected chi connectivity index (χ2v) is 6.29. The van der Waals surface area contributed by atoms with Gasteiger partial charge in [-0.25, -0.2) is 0 Å². The molecule has 3 atom stereocenters. The van der Waals surface area contributed by atoms with Gasteiger partial charge in [-0.15, -0.1) is 0 Å². The number of allylic oxidation sites excluding steroid dienone is 7. The molecule has 26 heavy (non-hydrogen) atoms. The fraction of sp³-hybridized carbons (Fsp3) is 0.500. The van der Waals surface area contributed by atoms with Gasteiger partial charge in [0.1, 0.15) is 0 Å². The van der Waals surface area contributed by atoms with Crippen molar-refractivity contribution in [3.8, 4) is 0 Å². The highest BCUT2D eigenvalue weighted by molar-refractivity contribution is 5.66. The summed E-state index contributed by atoms with van der Waals surface area (Å²) in [4.78, 5) is 10.5. The zero-order valence-electron chi connectivity index (χ0n) is 15.7. The molecular formula is C22H32O4. The molecule has 144 valence electrons. The minimum atomic E-state index is -0.759. The van der Waals surface area contributed by atoms with Crippen molar-refractivity contribution in [3.05, 3.63) is 60.8 Å². The van der Waals surface area contributed by atoms with E-state index in [0.29, 0.717) is 12.8 Å². The monoisotopic (exact) mass is 360 g/mol. The van der Waals surface area contributed by atoms with E-state index in [4.69, 9.17) is 9.84 Å². The van der Waals surface area contributed by atoms with Crippen molar-refractivity contribution in [2.75, 3.05) is 0 Å². The Morgan fingerprint density at radius 3 is 2.46 bits per heavy atom. The largest absolute Gasteiger partial charge is 0.481 e. The summed E-state index contributed by atoms with van der Waals surface area (Å²) in [6.45, 7) is 2.08. The third-order valence-corrected chi connectivity index (χ3v) is 3.94. The normalized spacial score (nSPS) is 21.8. The highest BCUT2D eigenvalue weighted by atomic mass is 16.6. The van der Waals surface area contributed by atoms with Crippen molar-refractivity contribution in [2.24, 2.45) is 0 Å². The summed E-state index contributed by atoms with van der Waals surface area (Å²) >= 11 is 0. The first-order chi connectivity index (χ1) is 12.6. The van der Waals surface area contributed by atoms with Crippen LogP contribution < -0.4 is 0 Å². The summed E-state index contributed by atoms with van der Waals surface area (Å²) in [5.41, 5.74) is 0.